The topological polar surface area (TPSA) is 64.2 Å². The fraction of sp³-hybridized carbons (Fsp3) is 0.571. The first kappa shape index (κ1) is 8.97. The number of rotatable bonds is 2. The second-order valence-corrected chi connectivity index (χ2v) is 2.17. The van der Waals surface area contributed by atoms with Crippen molar-refractivity contribution in [1.82, 2.24) is 0 Å². The number of hydrogen-bond donors (Lipinski definition) is 2. The van der Waals surface area contributed by atoms with Gasteiger partial charge < -0.3 is 10.2 Å². The summed E-state index contributed by atoms with van der Waals surface area (Å²) in [6.07, 6.45) is 3.55. The van der Waals surface area contributed by atoms with Crippen molar-refractivity contribution in [3.63, 3.8) is 0 Å². The lowest BCUT2D eigenvalue weighted by Gasteiger charge is -2.20. The zero-order valence-electron chi connectivity index (χ0n) is 5.70. The van der Waals surface area contributed by atoms with Gasteiger partial charge in [0.2, 0.25) is 0 Å². The second kappa shape index (κ2) is 3.22. The standard InChI is InChI=1S/C7H9NO2/c1-3-7(2,10)6(9)4-5-8/h1,6,9-10H,4H2,2H3/t6-,7-/m1/s1. The average molecular weight is 139 g/mol. The van der Waals surface area contributed by atoms with E-state index >= 15 is 0 Å². The molecule has 0 bridgehead atoms. The van der Waals surface area contributed by atoms with Crippen molar-refractivity contribution < 1.29 is 10.2 Å². The molecule has 0 aliphatic heterocycles. The van der Waals surface area contributed by atoms with Crippen LogP contribution in [0.1, 0.15) is 13.3 Å². The van der Waals surface area contributed by atoms with E-state index in [2.05, 4.69) is 0 Å². The number of nitriles is 1. The highest BCUT2D eigenvalue weighted by Gasteiger charge is 2.26. The van der Waals surface area contributed by atoms with Gasteiger partial charge in [0.25, 0.3) is 0 Å². The van der Waals surface area contributed by atoms with E-state index < -0.39 is 11.7 Å². The number of nitrogens with zero attached hydrogens (tertiary/aromatic N) is 1. The van der Waals surface area contributed by atoms with Gasteiger partial charge in [-0.3, -0.25) is 0 Å². The maximum absolute atomic E-state index is 9.09. The third kappa shape index (κ3) is 2.06. The summed E-state index contributed by atoms with van der Waals surface area (Å²) >= 11 is 0. The van der Waals surface area contributed by atoms with Gasteiger partial charge in [-0.25, -0.2) is 0 Å². The van der Waals surface area contributed by atoms with Crippen molar-refractivity contribution in [2.75, 3.05) is 0 Å². The van der Waals surface area contributed by atoms with Gasteiger partial charge in [-0.1, -0.05) is 5.92 Å². The molecule has 10 heavy (non-hydrogen) atoms. The molecule has 0 aromatic heterocycles. The van der Waals surface area contributed by atoms with E-state index in [9.17, 15) is 0 Å². The molecular formula is C7H9NO2. The fourth-order valence-corrected chi connectivity index (χ4v) is 0.381. The van der Waals surface area contributed by atoms with Crippen LogP contribution in [0.2, 0.25) is 0 Å². The Morgan fingerprint density at radius 1 is 1.80 bits per heavy atom. The Balaban J connectivity index is 4.10. The molecule has 0 spiro atoms. The third-order valence-corrected chi connectivity index (χ3v) is 1.23. The van der Waals surface area contributed by atoms with Gasteiger partial charge in [0.1, 0.15) is 11.7 Å². The SMILES string of the molecule is C#C[C@@](C)(O)[C@H](O)CC#N. The number of terminal acetylenes is 1. The van der Waals surface area contributed by atoms with E-state index in [1.54, 1.807) is 6.07 Å². The van der Waals surface area contributed by atoms with Crippen LogP contribution in [-0.4, -0.2) is 21.9 Å². The largest absolute Gasteiger partial charge is 0.388 e. The first-order valence-electron chi connectivity index (χ1n) is 2.79. The highest BCUT2D eigenvalue weighted by Crippen LogP contribution is 2.10. The molecule has 54 valence electrons. The van der Waals surface area contributed by atoms with Crippen LogP contribution in [0.15, 0.2) is 0 Å². The predicted molar refractivity (Wildman–Crippen MR) is 35.7 cm³/mol. The minimum absolute atomic E-state index is 0.156. The van der Waals surface area contributed by atoms with E-state index in [4.69, 9.17) is 21.9 Å². The van der Waals surface area contributed by atoms with Crippen molar-refractivity contribution in [2.45, 2.75) is 25.0 Å². The van der Waals surface area contributed by atoms with Gasteiger partial charge in [-0.05, 0) is 6.92 Å². The molecule has 3 heteroatoms. The molecule has 0 heterocycles. The Kier molecular flexibility index (Phi) is 2.89. The Hall–Kier alpha value is -1.03. The molecule has 0 radical (unpaired) electrons. The Morgan fingerprint density at radius 3 is 2.60 bits per heavy atom. The van der Waals surface area contributed by atoms with Gasteiger partial charge in [0, 0.05) is 0 Å². The lowest BCUT2D eigenvalue weighted by molar-refractivity contribution is -0.0157. The quantitative estimate of drug-likeness (QED) is 0.514. The highest BCUT2D eigenvalue weighted by atomic mass is 16.3. The summed E-state index contributed by atoms with van der Waals surface area (Å²) in [7, 11) is 0. The minimum atomic E-state index is -1.59. The maximum atomic E-state index is 9.09. The average Bonchev–Trinajstić information content (AvgIpc) is 1.89. The van der Waals surface area contributed by atoms with Gasteiger partial charge in [-0.15, -0.1) is 6.42 Å². The van der Waals surface area contributed by atoms with Crippen LogP contribution < -0.4 is 0 Å². The van der Waals surface area contributed by atoms with Crippen LogP contribution >= 0.6 is 0 Å². The molecule has 0 aliphatic carbocycles. The molecule has 0 aliphatic rings. The van der Waals surface area contributed by atoms with Crippen LogP contribution in [-0.2, 0) is 0 Å². The molecule has 0 rings (SSSR count). The van der Waals surface area contributed by atoms with Gasteiger partial charge >= 0.3 is 0 Å². The first-order valence-corrected chi connectivity index (χ1v) is 2.79. The van der Waals surface area contributed by atoms with E-state index in [1.807, 2.05) is 5.92 Å². The summed E-state index contributed by atoms with van der Waals surface area (Å²) in [5.74, 6) is 1.98. The Bertz CT molecular complexity index is 185. The molecule has 0 amide bonds. The number of aliphatic hydroxyl groups is 2. The monoisotopic (exact) mass is 139 g/mol. The molecule has 0 aromatic carbocycles. The molecule has 3 nitrogen and oxygen atoms in total. The van der Waals surface area contributed by atoms with Crippen LogP contribution in [0.25, 0.3) is 0 Å². The normalized spacial score (nSPS) is 18.1. The van der Waals surface area contributed by atoms with Crippen LogP contribution in [0.3, 0.4) is 0 Å². The van der Waals surface area contributed by atoms with Gasteiger partial charge in [0.05, 0.1) is 12.5 Å². The Labute approximate surface area is 59.9 Å². The summed E-state index contributed by atoms with van der Waals surface area (Å²) < 4.78 is 0. The van der Waals surface area contributed by atoms with E-state index in [0.29, 0.717) is 0 Å². The number of aliphatic hydroxyl groups excluding tert-OH is 1. The fourth-order valence-electron chi connectivity index (χ4n) is 0.381. The van der Waals surface area contributed by atoms with E-state index in [0.717, 1.165) is 0 Å². The third-order valence-electron chi connectivity index (χ3n) is 1.23. The summed E-state index contributed by atoms with van der Waals surface area (Å²) in [6.45, 7) is 1.29. The van der Waals surface area contributed by atoms with Crippen molar-refractivity contribution in [1.29, 1.82) is 5.26 Å². The summed E-state index contributed by atoms with van der Waals surface area (Å²) in [5, 5.41) is 26.2. The maximum Gasteiger partial charge on any atom is 0.149 e. The van der Waals surface area contributed by atoms with Crippen LogP contribution in [0, 0.1) is 23.7 Å². The van der Waals surface area contributed by atoms with Crippen molar-refractivity contribution in [3.05, 3.63) is 0 Å². The molecule has 0 saturated carbocycles. The predicted octanol–water partition coefficient (Wildman–Crippen LogP) is -0.355. The molecule has 2 N–H and O–H groups in total. The molecule has 0 unspecified atom stereocenters. The molecule has 0 aromatic rings. The molecular weight excluding hydrogens is 130 g/mol. The van der Waals surface area contributed by atoms with E-state index in [-0.39, 0.29) is 6.42 Å². The van der Waals surface area contributed by atoms with Crippen molar-refractivity contribution >= 4 is 0 Å². The first-order chi connectivity index (χ1) is 4.54. The zero-order valence-corrected chi connectivity index (χ0v) is 5.70. The van der Waals surface area contributed by atoms with Crippen molar-refractivity contribution in [3.8, 4) is 18.4 Å². The molecule has 0 fully saturated rings. The lowest BCUT2D eigenvalue weighted by atomic mass is 9.98. The summed E-state index contributed by atoms with van der Waals surface area (Å²) in [4.78, 5) is 0. The van der Waals surface area contributed by atoms with Gasteiger partial charge in [0.15, 0.2) is 0 Å². The van der Waals surface area contributed by atoms with Gasteiger partial charge in [-0.2, -0.15) is 5.26 Å². The van der Waals surface area contributed by atoms with Crippen LogP contribution in [0.5, 0.6) is 0 Å². The zero-order chi connectivity index (χ0) is 8.20. The Morgan fingerprint density at radius 2 is 2.30 bits per heavy atom. The summed E-state index contributed by atoms with van der Waals surface area (Å²) in [6, 6.07) is 1.70. The summed E-state index contributed by atoms with van der Waals surface area (Å²) in [5.41, 5.74) is -1.59. The number of hydrogen-bond acceptors (Lipinski definition) is 3. The van der Waals surface area contributed by atoms with Crippen molar-refractivity contribution in [2.24, 2.45) is 0 Å². The minimum Gasteiger partial charge on any atom is -0.388 e. The van der Waals surface area contributed by atoms with Crippen LogP contribution in [0.4, 0.5) is 0 Å². The van der Waals surface area contributed by atoms with E-state index in [1.165, 1.54) is 6.92 Å². The smallest absolute Gasteiger partial charge is 0.149 e. The molecule has 2 atom stereocenters. The highest BCUT2D eigenvalue weighted by molar-refractivity contribution is 5.09. The lowest BCUT2D eigenvalue weighted by Crippen LogP contribution is -2.37. The second-order valence-electron chi connectivity index (χ2n) is 2.17. The molecule has 0 saturated heterocycles.